The summed E-state index contributed by atoms with van der Waals surface area (Å²) in [5, 5.41) is 11.9. The van der Waals surface area contributed by atoms with Crippen molar-refractivity contribution in [1.82, 2.24) is 5.32 Å². The van der Waals surface area contributed by atoms with Crippen LogP contribution in [0.5, 0.6) is 0 Å². The van der Waals surface area contributed by atoms with Crippen molar-refractivity contribution in [2.24, 2.45) is 5.92 Å². The van der Waals surface area contributed by atoms with E-state index in [1.54, 1.807) is 0 Å². The number of hydrogen-bond donors (Lipinski definition) is 2. The molecule has 0 heterocycles. The van der Waals surface area contributed by atoms with Crippen LogP contribution < -0.4 is 5.32 Å². The first kappa shape index (κ1) is 15.9. The summed E-state index contributed by atoms with van der Waals surface area (Å²) < 4.78 is 0. The van der Waals surface area contributed by atoms with E-state index in [2.05, 4.69) is 43.5 Å². The maximum Gasteiger partial charge on any atom is 0.304 e. The standard InChI is InChI=1S/C14H25NO2/c1-5-7-12(8-6-2)11-14(3,4)15-10-9-13(16)17/h5-8,12,15H,9-11H2,1-4H3,(H,16,17). The third-order valence-corrected chi connectivity index (χ3v) is 2.57. The Kier molecular flexibility index (Phi) is 7.55. The Morgan fingerprint density at radius 2 is 1.82 bits per heavy atom. The summed E-state index contributed by atoms with van der Waals surface area (Å²) in [7, 11) is 0. The van der Waals surface area contributed by atoms with Gasteiger partial charge in [-0.3, -0.25) is 4.79 Å². The highest BCUT2D eigenvalue weighted by atomic mass is 16.4. The van der Waals surface area contributed by atoms with Crippen LogP contribution in [0.3, 0.4) is 0 Å². The molecule has 0 radical (unpaired) electrons. The smallest absolute Gasteiger partial charge is 0.304 e. The topological polar surface area (TPSA) is 49.3 Å². The van der Waals surface area contributed by atoms with Crippen molar-refractivity contribution in [3.05, 3.63) is 24.3 Å². The second kappa shape index (κ2) is 8.07. The van der Waals surface area contributed by atoms with Crippen molar-refractivity contribution in [2.75, 3.05) is 6.54 Å². The number of carboxylic acids is 1. The maximum absolute atomic E-state index is 10.4. The number of carboxylic acid groups (broad SMARTS) is 1. The molecule has 0 aliphatic rings. The van der Waals surface area contributed by atoms with E-state index in [9.17, 15) is 4.79 Å². The molecule has 0 bridgehead atoms. The fourth-order valence-corrected chi connectivity index (χ4v) is 1.86. The van der Waals surface area contributed by atoms with Gasteiger partial charge in [-0.05, 0) is 40.0 Å². The van der Waals surface area contributed by atoms with Crippen molar-refractivity contribution in [3.63, 3.8) is 0 Å². The highest BCUT2D eigenvalue weighted by molar-refractivity contribution is 5.66. The van der Waals surface area contributed by atoms with Gasteiger partial charge in [-0.25, -0.2) is 0 Å². The van der Waals surface area contributed by atoms with Crippen molar-refractivity contribution < 1.29 is 9.90 Å². The van der Waals surface area contributed by atoms with Crippen molar-refractivity contribution in [1.29, 1.82) is 0 Å². The first-order chi connectivity index (χ1) is 7.91. The average Bonchev–Trinajstić information content (AvgIpc) is 2.16. The van der Waals surface area contributed by atoms with Crippen LogP contribution in [0.4, 0.5) is 0 Å². The molecule has 0 saturated carbocycles. The molecule has 3 nitrogen and oxygen atoms in total. The Labute approximate surface area is 105 Å². The molecule has 0 aromatic carbocycles. The zero-order valence-corrected chi connectivity index (χ0v) is 11.4. The highest BCUT2D eigenvalue weighted by Gasteiger charge is 2.20. The van der Waals surface area contributed by atoms with Crippen LogP contribution in [0.25, 0.3) is 0 Å². The number of aliphatic carboxylic acids is 1. The van der Waals surface area contributed by atoms with Crippen LogP contribution in [-0.4, -0.2) is 23.2 Å². The minimum absolute atomic E-state index is 0.0564. The van der Waals surface area contributed by atoms with Crippen LogP contribution in [0.15, 0.2) is 24.3 Å². The maximum atomic E-state index is 10.4. The summed E-state index contributed by atoms with van der Waals surface area (Å²) in [6.45, 7) is 8.76. The van der Waals surface area contributed by atoms with Gasteiger partial charge < -0.3 is 10.4 Å². The van der Waals surface area contributed by atoms with Gasteiger partial charge in [0.2, 0.25) is 0 Å². The van der Waals surface area contributed by atoms with E-state index in [0.717, 1.165) is 6.42 Å². The van der Waals surface area contributed by atoms with E-state index in [0.29, 0.717) is 12.5 Å². The first-order valence-electron chi connectivity index (χ1n) is 6.13. The fraction of sp³-hybridized carbons (Fsp3) is 0.643. The zero-order chi connectivity index (χ0) is 13.3. The predicted molar refractivity (Wildman–Crippen MR) is 72.1 cm³/mol. The third-order valence-electron chi connectivity index (χ3n) is 2.57. The van der Waals surface area contributed by atoms with Crippen molar-refractivity contribution in [2.45, 2.75) is 46.1 Å². The molecule has 0 rings (SSSR count). The van der Waals surface area contributed by atoms with Crippen molar-refractivity contribution in [3.8, 4) is 0 Å². The lowest BCUT2D eigenvalue weighted by molar-refractivity contribution is -0.136. The van der Waals surface area contributed by atoms with E-state index < -0.39 is 5.97 Å². The number of allylic oxidation sites excluding steroid dienone is 4. The van der Waals surface area contributed by atoms with Crippen LogP contribution >= 0.6 is 0 Å². The summed E-state index contributed by atoms with van der Waals surface area (Å²) in [5.74, 6) is -0.357. The van der Waals surface area contributed by atoms with E-state index in [-0.39, 0.29) is 12.0 Å². The van der Waals surface area contributed by atoms with Gasteiger partial charge in [-0.2, -0.15) is 0 Å². The van der Waals surface area contributed by atoms with Gasteiger partial charge in [0.05, 0.1) is 6.42 Å². The number of nitrogens with one attached hydrogen (secondary N) is 1. The molecule has 0 amide bonds. The molecule has 0 aromatic rings. The van der Waals surface area contributed by atoms with Gasteiger partial charge in [0.15, 0.2) is 0 Å². The monoisotopic (exact) mass is 239 g/mol. The molecule has 0 atom stereocenters. The average molecular weight is 239 g/mol. The Balaban J connectivity index is 4.23. The number of hydrogen-bond acceptors (Lipinski definition) is 2. The van der Waals surface area contributed by atoms with Gasteiger partial charge >= 0.3 is 5.97 Å². The summed E-state index contributed by atoms with van der Waals surface area (Å²) in [6, 6.07) is 0. The van der Waals surface area contributed by atoms with Crippen molar-refractivity contribution >= 4 is 5.97 Å². The Morgan fingerprint density at radius 3 is 2.24 bits per heavy atom. The van der Waals surface area contributed by atoms with Crippen LogP contribution in [-0.2, 0) is 4.79 Å². The molecule has 0 aliphatic heterocycles. The quantitative estimate of drug-likeness (QED) is 0.640. The minimum atomic E-state index is -0.758. The lowest BCUT2D eigenvalue weighted by Crippen LogP contribution is -2.41. The lowest BCUT2D eigenvalue weighted by atomic mass is 9.89. The van der Waals surface area contributed by atoms with E-state index in [1.807, 2.05) is 13.8 Å². The Bertz CT molecular complexity index is 268. The highest BCUT2D eigenvalue weighted by Crippen LogP contribution is 2.19. The van der Waals surface area contributed by atoms with E-state index in [4.69, 9.17) is 5.11 Å². The van der Waals surface area contributed by atoms with E-state index >= 15 is 0 Å². The fourth-order valence-electron chi connectivity index (χ4n) is 1.86. The minimum Gasteiger partial charge on any atom is -0.481 e. The zero-order valence-electron chi connectivity index (χ0n) is 11.4. The Morgan fingerprint density at radius 1 is 1.29 bits per heavy atom. The molecular weight excluding hydrogens is 214 g/mol. The number of rotatable bonds is 8. The molecule has 0 aliphatic carbocycles. The van der Waals surface area contributed by atoms with Gasteiger partial charge in [-0.1, -0.05) is 24.3 Å². The summed E-state index contributed by atoms with van der Waals surface area (Å²) >= 11 is 0. The number of carbonyl (C=O) groups is 1. The van der Waals surface area contributed by atoms with Crippen LogP contribution in [0.2, 0.25) is 0 Å². The first-order valence-corrected chi connectivity index (χ1v) is 6.13. The molecule has 2 N–H and O–H groups in total. The molecule has 0 aromatic heterocycles. The lowest BCUT2D eigenvalue weighted by Gasteiger charge is -2.28. The molecule has 17 heavy (non-hydrogen) atoms. The second-order valence-corrected chi connectivity index (χ2v) is 4.87. The molecule has 0 saturated heterocycles. The molecular formula is C14H25NO2. The van der Waals surface area contributed by atoms with Gasteiger partial charge in [0.25, 0.3) is 0 Å². The summed E-state index contributed by atoms with van der Waals surface area (Å²) in [4.78, 5) is 10.4. The summed E-state index contributed by atoms with van der Waals surface area (Å²) in [5.41, 5.74) is -0.0564. The summed E-state index contributed by atoms with van der Waals surface area (Å²) in [6.07, 6.45) is 9.57. The molecule has 0 fully saturated rings. The second-order valence-electron chi connectivity index (χ2n) is 4.87. The molecule has 98 valence electrons. The predicted octanol–water partition coefficient (Wildman–Crippen LogP) is 2.99. The Hall–Kier alpha value is -1.09. The van der Waals surface area contributed by atoms with Gasteiger partial charge in [-0.15, -0.1) is 0 Å². The normalized spacial score (nSPS) is 14.6. The molecule has 3 heteroatoms. The van der Waals surface area contributed by atoms with E-state index in [1.165, 1.54) is 0 Å². The SMILES string of the molecule is CC=CC(C=CC)CC(C)(C)NCCC(=O)O. The molecule has 0 unspecified atom stereocenters. The van der Waals surface area contributed by atoms with Crippen LogP contribution in [0, 0.1) is 5.92 Å². The van der Waals surface area contributed by atoms with Gasteiger partial charge in [0.1, 0.15) is 0 Å². The van der Waals surface area contributed by atoms with Gasteiger partial charge in [0, 0.05) is 12.1 Å². The van der Waals surface area contributed by atoms with Crippen LogP contribution in [0.1, 0.15) is 40.5 Å². The largest absolute Gasteiger partial charge is 0.481 e. The third kappa shape index (κ3) is 8.69. The molecule has 0 spiro atoms.